The fraction of sp³-hybridized carbons (Fsp3) is 0.425. The summed E-state index contributed by atoms with van der Waals surface area (Å²) in [4.78, 5) is 11.5. The molecule has 6 heterocycles. The number of benzene rings is 2. The van der Waals surface area contributed by atoms with Gasteiger partial charge >= 0.3 is 0 Å². The Labute approximate surface area is 306 Å². The molecule has 3 aliphatic heterocycles. The minimum Gasteiger partial charge on any atom is -0.487 e. The number of fused-ring (bicyclic) bond motifs is 4. The van der Waals surface area contributed by atoms with Crippen molar-refractivity contribution in [1.29, 1.82) is 5.26 Å². The highest BCUT2D eigenvalue weighted by Crippen LogP contribution is 2.52. The maximum Gasteiger partial charge on any atom is 0.157 e. The first-order valence-electron chi connectivity index (χ1n) is 18.0. The molecule has 10 rings (SSSR count). The van der Waals surface area contributed by atoms with Gasteiger partial charge in [-0.05, 0) is 86.8 Å². The van der Waals surface area contributed by atoms with Crippen molar-refractivity contribution >= 4 is 45.0 Å². The number of likely N-dealkylation sites (tertiary alicyclic amines) is 1. The van der Waals surface area contributed by atoms with E-state index in [1.165, 1.54) is 0 Å². The number of aliphatic hydroxyl groups is 1. The van der Waals surface area contributed by atoms with Gasteiger partial charge in [-0.15, -0.1) is 0 Å². The number of nitriles is 1. The number of pyridine rings is 2. The fourth-order valence-electron chi connectivity index (χ4n) is 9.01. The van der Waals surface area contributed by atoms with Gasteiger partial charge in [0.05, 0.1) is 39.9 Å². The van der Waals surface area contributed by atoms with Crippen molar-refractivity contribution < 1.29 is 14.2 Å². The van der Waals surface area contributed by atoms with E-state index < -0.39 is 12.0 Å². The van der Waals surface area contributed by atoms with E-state index in [1.807, 2.05) is 26.0 Å². The molecule has 5 aliphatic rings. The summed E-state index contributed by atoms with van der Waals surface area (Å²) in [5.74, 6) is 0.968. The first kappa shape index (κ1) is 33.1. The molecule has 2 aromatic carbocycles. The second-order valence-electron chi connectivity index (χ2n) is 14.9. The molecule has 2 N–H and O–H groups in total. The van der Waals surface area contributed by atoms with Gasteiger partial charge in [0.2, 0.25) is 0 Å². The predicted molar refractivity (Wildman–Crippen MR) is 196 cm³/mol. The molecule has 5 aromatic rings. The third-order valence-corrected chi connectivity index (χ3v) is 12.6. The third-order valence-electron chi connectivity index (χ3n) is 11.7. The summed E-state index contributed by atoms with van der Waals surface area (Å²) >= 11 is 13.1. The molecule has 2 saturated carbocycles. The quantitative estimate of drug-likeness (QED) is 0.158. The SMILES string of the molecule is Cc1ccncc1O[C@H]1C[C@H](c2cc3c(C)nc4c(F)c(-c5cccc(Cl)c5Cl)c(CCC#N)cc4c3n2[C@H]2[C@H]3CN[C@@H]2C3)N(C(O)C2CC2)C1. The Bertz CT molecular complexity index is 2230. The first-order valence-corrected chi connectivity index (χ1v) is 18.7. The molecule has 5 fully saturated rings. The van der Waals surface area contributed by atoms with Gasteiger partial charge in [-0.2, -0.15) is 5.26 Å². The van der Waals surface area contributed by atoms with Crippen LogP contribution in [0.3, 0.4) is 0 Å². The number of nitrogens with zero attached hydrogens (tertiary/aromatic N) is 5. The van der Waals surface area contributed by atoms with E-state index >= 15 is 4.39 Å². The molecule has 0 radical (unpaired) electrons. The molecule has 0 amide bonds. The number of nitrogens with one attached hydrogen (secondary N) is 1. The largest absolute Gasteiger partial charge is 0.487 e. The zero-order valence-corrected chi connectivity index (χ0v) is 30.1. The summed E-state index contributed by atoms with van der Waals surface area (Å²) in [5, 5.41) is 27.4. The van der Waals surface area contributed by atoms with E-state index in [2.05, 4.69) is 31.9 Å². The molecule has 3 saturated heterocycles. The lowest BCUT2D eigenvalue weighted by Crippen LogP contribution is -2.42. The number of hydrogen-bond acceptors (Lipinski definition) is 7. The standard InChI is InChI=1S/C40H39Cl2FN6O2/c1-20-10-12-45-18-33(20)51-25-15-31(48(19-25)40(50)22-8-9-22)32-16-27-21(2)47-37-28(39(27)49(32)38-24-14-30(38)46-17-24)13-23(5-4-11-44)34(36(37)43)26-6-3-7-29(41)35(26)42/h3,6-7,10,12-13,16,18,22,24-25,30-31,38,40,46,50H,4-5,8-9,14-15,17,19H2,1-2H3/t24-,25+,30-,31-,38+,40?/m1/s1. The highest BCUT2D eigenvalue weighted by atomic mass is 35.5. The monoisotopic (exact) mass is 724 g/mol. The van der Waals surface area contributed by atoms with Gasteiger partial charge in [0.15, 0.2) is 5.82 Å². The van der Waals surface area contributed by atoms with Crippen molar-refractivity contribution in [2.45, 2.75) is 82.8 Å². The number of aliphatic hydroxyl groups excluding tert-OH is 1. The molecular formula is C40H39Cl2FN6O2. The van der Waals surface area contributed by atoms with Crippen LogP contribution in [0.1, 0.15) is 66.7 Å². The van der Waals surface area contributed by atoms with E-state index in [9.17, 15) is 10.4 Å². The van der Waals surface area contributed by atoms with Crippen molar-refractivity contribution in [2.24, 2.45) is 11.8 Å². The highest BCUT2D eigenvalue weighted by molar-refractivity contribution is 6.43. The highest BCUT2D eigenvalue weighted by Gasteiger charge is 2.51. The molecule has 11 heteroatoms. The van der Waals surface area contributed by atoms with Crippen molar-refractivity contribution in [1.82, 2.24) is 24.8 Å². The molecule has 262 valence electrons. The molecule has 1 unspecified atom stereocenters. The molecule has 8 nitrogen and oxygen atoms in total. The number of halogens is 3. The molecule has 0 spiro atoms. The van der Waals surface area contributed by atoms with Crippen LogP contribution in [0.25, 0.3) is 32.9 Å². The van der Waals surface area contributed by atoms with Crippen LogP contribution in [0, 0.1) is 42.8 Å². The average molecular weight is 726 g/mol. The van der Waals surface area contributed by atoms with Crippen LogP contribution in [-0.4, -0.2) is 56.0 Å². The van der Waals surface area contributed by atoms with Gasteiger partial charge in [0.25, 0.3) is 0 Å². The minimum absolute atomic E-state index is 0.128. The number of rotatable bonds is 9. The Morgan fingerprint density at radius 3 is 2.73 bits per heavy atom. The summed E-state index contributed by atoms with van der Waals surface area (Å²) in [6.07, 6.45) is 7.16. The number of aryl methyl sites for hydroxylation is 3. The predicted octanol–water partition coefficient (Wildman–Crippen LogP) is 8.23. The Kier molecular flexibility index (Phi) is 8.25. The normalized spacial score (nSPS) is 25.0. The number of ether oxygens (including phenoxy) is 1. The van der Waals surface area contributed by atoms with Crippen molar-refractivity contribution in [2.75, 3.05) is 13.1 Å². The fourth-order valence-corrected chi connectivity index (χ4v) is 9.40. The molecule has 6 atom stereocenters. The van der Waals surface area contributed by atoms with E-state index in [-0.39, 0.29) is 41.1 Å². The van der Waals surface area contributed by atoms with Crippen LogP contribution in [0.2, 0.25) is 10.0 Å². The van der Waals surface area contributed by atoms with Gasteiger partial charge in [0, 0.05) is 71.5 Å². The Morgan fingerprint density at radius 2 is 2.00 bits per heavy atom. The minimum atomic E-state index is -0.586. The molecular weight excluding hydrogens is 686 g/mol. The number of aromatic nitrogens is 3. The zero-order chi connectivity index (χ0) is 35.1. The lowest BCUT2D eigenvalue weighted by Gasteiger charge is -2.40. The average Bonchev–Trinajstić information content (AvgIpc) is 3.40. The smallest absolute Gasteiger partial charge is 0.157 e. The maximum atomic E-state index is 17.2. The molecule has 2 aliphatic carbocycles. The Hall–Kier alpha value is -3.78. The van der Waals surface area contributed by atoms with E-state index in [4.69, 9.17) is 32.9 Å². The van der Waals surface area contributed by atoms with Gasteiger partial charge in [-0.25, -0.2) is 9.37 Å². The van der Waals surface area contributed by atoms with Gasteiger partial charge < -0.3 is 19.7 Å². The molecule has 51 heavy (non-hydrogen) atoms. The summed E-state index contributed by atoms with van der Waals surface area (Å²) in [6, 6.07) is 14.0. The van der Waals surface area contributed by atoms with Crippen LogP contribution < -0.4 is 10.1 Å². The molecule has 2 bridgehead atoms. The van der Waals surface area contributed by atoms with Gasteiger partial charge in [0.1, 0.15) is 23.6 Å². The lowest BCUT2D eigenvalue weighted by atomic mass is 9.79. The Balaban J connectivity index is 1.26. The zero-order valence-electron chi connectivity index (χ0n) is 28.5. The van der Waals surface area contributed by atoms with Crippen LogP contribution in [0.5, 0.6) is 5.75 Å². The summed E-state index contributed by atoms with van der Waals surface area (Å²) < 4.78 is 26.2. The van der Waals surface area contributed by atoms with Crippen LogP contribution in [0.15, 0.2) is 48.8 Å². The van der Waals surface area contributed by atoms with E-state index in [1.54, 1.807) is 30.6 Å². The lowest BCUT2D eigenvalue weighted by molar-refractivity contribution is -0.0275. The van der Waals surface area contributed by atoms with E-state index in [0.717, 1.165) is 59.4 Å². The topological polar surface area (TPSA) is 99.2 Å². The second kappa shape index (κ2) is 12.7. The van der Waals surface area contributed by atoms with Gasteiger partial charge in [-0.1, -0.05) is 35.3 Å². The van der Waals surface area contributed by atoms with Crippen molar-refractivity contribution in [3.05, 3.63) is 87.2 Å². The van der Waals surface area contributed by atoms with Crippen molar-refractivity contribution in [3.63, 3.8) is 0 Å². The van der Waals surface area contributed by atoms with Crippen LogP contribution in [-0.2, 0) is 6.42 Å². The first-order chi connectivity index (χ1) is 24.7. The van der Waals surface area contributed by atoms with Crippen molar-refractivity contribution in [3.8, 4) is 22.9 Å². The third kappa shape index (κ3) is 5.41. The summed E-state index contributed by atoms with van der Waals surface area (Å²) in [5.41, 5.74) is 5.58. The van der Waals surface area contributed by atoms with E-state index in [0.29, 0.717) is 58.4 Å². The maximum absolute atomic E-state index is 17.2. The second-order valence-corrected chi connectivity index (χ2v) is 15.6. The summed E-state index contributed by atoms with van der Waals surface area (Å²) in [6.45, 7) is 5.48. The summed E-state index contributed by atoms with van der Waals surface area (Å²) in [7, 11) is 0. The van der Waals surface area contributed by atoms with Gasteiger partial charge in [-0.3, -0.25) is 9.88 Å². The molecule has 3 aromatic heterocycles. The number of hydrogen-bond donors (Lipinski definition) is 2. The van der Waals surface area contributed by atoms with Crippen LogP contribution in [0.4, 0.5) is 4.39 Å². The van der Waals surface area contributed by atoms with Crippen LogP contribution >= 0.6 is 23.2 Å². The Morgan fingerprint density at radius 1 is 1.16 bits per heavy atom.